The number of aliphatic carboxylic acids is 1. The van der Waals surface area contributed by atoms with Gasteiger partial charge in [0.25, 0.3) is 0 Å². The Morgan fingerprint density at radius 2 is 1.78 bits per heavy atom. The van der Waals surface area contributed by atoms with Gasteiger partial charge in [0.2, 0.25) is 5.95 Å². The Bertz CT molecular complexity index is 1130. The number of anilines is 4. The number of ether oxygens (including phenoxy) is 1. The molecule has 0 aliphatic carbocycles. The molecule has 1 aromatic heterocycles. The third-order valence-electron chi connectivity index (χ3n) is 4.34. The first-order valence-corrected chi connectivity index (χ1v) is 9.65. The fourth-order valence-electron chi connectivity index (χ4n) is 2.87. The van der Waals surface area contributed by atoms with Crippen LogP contribution in [0.25, 0.3) is 0 Å². The molecule has 1 aliphatic heterocycles. The Labute approximate surface area is 186 Å². The molecule has 2 aromatic carbocycles. The van der Waals surface area contributed by atoms with Crippen molar-refractivity contribution in [2.75, 3.05) is 17.7 Å². The lowest BCUT2D eigenvalue weighted by molar-refractivity contribution is -0.192. The van der Waals surface area contributed by atoms with E-state index in [9.17, 15) is 13.2 Å². The van der Waals surface area contributed by atoms with Crippen molar-refractivity contribution in [1.29, 1.82) is 0 Å². The molecule has 4 rings (SSSR count). The first-order valence-electron chi connectivity index (χ1n) is 9.27. The number of methoxy groups -OCH3 is 1. The van der Waals surface area contributed by atoms with Crippen LogP contribution in [0.15, 0.2) is 48.7 Å². The standard InChI is InChI=1S/C19H17ClN4O.C2HF3O2/c1-25-16-9-13-6-5-12-3-2-4-14(7-12)23-19-21-11-17(20)18(24-19)22-15(8-13)10-16;3-2(4,5)1(6)7/h2-4,7-11H,5-6H2,1H3,(H2,21,22,23,24);(H,6,7). The van der Waals surface area contributed by atoms with Crippen LogP contribution in [0.2, 0.25) is 5.02 Å². The summed E-state index contributed by atoms with van der Waals surface area (Å²) in [5, 5.41) is 14.1. The van der Waals surface area contributed by atoms with Crippen molar-refractivity contribution in [2.45, 2.75) is 19.0 Å². The molecular weight excluding hydrogens is 449 g/mol. The molecule has 168 valence electrons. The van der Waals surface area contributed by atoms with Crippen LogP contribution in [0.3, 0.4) is 0 Å². The summed E-state index contributed by atoms with van der Waals surface area (Å²) in [5.74, 6) is -0.917. The van der Waals surface area contributed by atoms with Gasteiger partial charge in [0.05, 0.1) is 13.3 Å². The van der Waals surface area contributed by atoms with Crippen LogP contribution in [0.5, 0.6) is 5.75 Å². The summed E-state index contributed by atoms with van der Waals surface area (Å²) in [7, 11) is 1.67. The molecule has 0 fully saturated rings. The zero-order valence-electron chi connectivity index (χ0n) is 16.7. The maximum absolute atomic E-state index is 10.6. The van der Waals surface area contributed by atoms with E-state index in [0.29, 0.717) is 16.8 Å². The first kappa shape index (κ1) is 23.1. The average Bonchev–Trinajstić information content (AvgIpc) is 2.74. The number of nitrogens with zero attached hydrogens (tertiary/aromatic N) is 2. The van der Waals surface area contributed by atoms with Crippen LogP contribution in [0.1, 0.15) is 11.1 Å². The number of nitrogens with one attached hydrogen (secondary N) is 2. The van der Waals surface area contributed by atoms with Crippen LogP contribution in [0, 0.1) is 0 Å². The summed E-state index contributed by atoms with van der Waals surface area (Å²) in [6.45, 7) is 0. The Balaban J connectivity index is 0.000000360. The van der Waals surface area contributed by atoms with E-state index in [-0.39, 0.29) is 0 Å². The monoisotopic (exact) mass is 466 g/mol. The molecule has 0 unspecified atom stereocenters. The molecule has 0 saturated carbocycles. The van der Waals surface area contributed by atoms with Crippen LogP contribution in [-0.4, -0.2) is 34.3 Å². The van der Waals surface area contributed by atoms with Crippen molar-refractivity contribution in [3.8, 4) is 5.75 Å². The first-order chi connectivity index (χ1) is 15.1. The van der Waals surface area contributed by atoms with Gasteiger partial charge < -0.3 is 20.5 Å². The number of hydrogen-bond acceptors (Lipinski definition) is 6. The summed E-state index contributed by atoms with van der Waals surface area (Å²) in [5.41, 5.74) is 4.27. The molecule has 0 atom stereocenters. The van der Waals surface area contributed by atoms with E-state index in [4.69, 9.17) is 26.2 Å². The maximum Gasteiger partial charge on any atom is 0.490 e. The highest BCUT2D eigenvalue weighted by Gasteiger charge is 2.38. The number of fused-ring (bicyclic) bond motifs is 6. The second-order valence-electron chi connectivity index (χ2n) is 6.71. The molecule has 11 heteroatoms. The van der Waals surface area contributed by atoms with Gasteiger partial charge >= 0.3 is 12.1 Å². The van der Waals surface area contributed by atoms with Crippen molar-refractivity contribution in [3.63, 3.8) is 0 Å². The van der Waals surface area contributed by atoms with E-state index in [1.165, 1.54) is 11.1 Å². The highest BCUT2D eigenvalue weighted by Crippen LogP contribution is 2.29. The van der Waals surface area contributed by atoms with Gasteiger partial charge in [0.15, 0.2) is 5.82 Å². The van der Waals surface area contributed by atoms with E-state index in [0.717, 1.165) is 30.0 Å². The molecular formula is C21H18ClF3N4O3. The van der Waals surface area contributed by atoms with Gasteiger partial charge in [-0.1, -0.05) is 23.7 Å². The molecule has 3 N–H and O–H groups in total. The van der Waals surface area contributed by atoms with E-state index in [1.807, 2.05) is 18.2 Å². The highest BCUT2D eigenvalue weighted by atomic mass is 35.5. The largest absolute Gasteiger partial charge is 0.497 e. The lowest BCUT2D eigenvalue weighted by Crippen LogP contribution is -2.21. The lowest BCUT2D eigenvalue weighted by Gasteiger charge is -2.12. The minimum atomic E-state index is -5.08. The van der Waals surface area contributed by atoms with Crippen molar-refractivity contribution in [1.82, 2.24) is 9.97 Å². The summed E-state index contributed by atoms with van der Waals surface area (Å²) in [6, 6.07) is 14.3. The zero-order valence-corrected chi connectivity index (χ0v) is 17.5. The molecule has 3 aromatic rings. The van der Waals surface area contributed by atoms with Gasteiger partial charge in [-0.25, -0.2) is 9.78 Å². The predicted molar refractivity (Wildman–Crippen MR) is 114 cm³/mol. The van der Waals surface area contributed by atoms with Crippen LogP contribution in [-0.2, 0) is 17.6 Å². The third kappa shape index (κ3) is 6.24. The quantitative estimate of drug-likeness (QED) is 0.444. The Kier molecular flexibility index (Phi) is 7.04. The predicted octanol–water partition coefficient (Wildman–Crippen LogP) is 5.36. The smallest absolute Gasteiger partial charge is 0.490 e. The number of carboxylic acid groups (broad SMARTS) is 1. The molecule has 32 heavy (non-hydrogen) atoms. The maximum atomic E-state index is 10.6. The SMILES string of the molecule is COc1cc2cc(c1)Nc1nc(ncc1Cl)Nc1cccc(c1)CC2.O=C(O)C(F)(F)F. The minimum absolute atomic E-state index is 0.457. The fourth-order valence-corrected chi connectivity index (χ4v) is 3.01. The number of aromatic nitrogens is 2. The molecule has 0 radical (unpaired) electrons. The molecule has 2 heterocycles. The zero-order chi connectivity index (χ0) is 23.3. The van der Waals surface area contributed by atoms with Crippen LogP contribution < -0.4 is 15.4 Å². The average molecular weight is 467 g/mol. The number of hydrogen-bond donors (Lipinski definition) is 3. The van der Waals surface area contributed by atoms with E-state index in [1.54, 1.807) is 13.3 Å². The molecule has 6 bridgehead atoms. The third-order valence-corrected chi connectivity index (χ3v) is 4.61. The topological polar surface area (TPSA) is 96.4 Å². The fraction of sp³-hybridized carbons (Fsp3) is 0.190. The number of halogens is 4. The molecule has 7 nitrogen and oxygen atoms in total. The van der Waals surface area contributed by atoms with Gasteiger partial charge in [-0.05, 0) is 48.2 Å². The van der Waals surface area contributed by atoms with Crippen molar-refractivity contribution in [3.05, 3.63) is 64.8 Å². The number of benzene rings is 2. The Hall–Kier alpha value is -3.53. The molecule has 0 amide bonds. The Morgan fingerprint density at radius 1 is 1.09 bits per heavy atom. The van der Waals surface area contributed by atoms with Crippen LogP contribution >= 0.6 is 11.6 Å². The second kappa shape index (κ2) is 9.73. The van der Waals surface area contributed by atoms with E-state index >= 15 is 0 Å². The van der Waals surface area contributed by atoms with E-state index in [2.05, 4.69) is 44.9 Å². The lowest BCUT2D eigenvalue weighted by atomic mass is 10.0. The van der Waals surface area contributed by atoms with Gasteiger partial charge in [-0.15, -0.1) is 0 Å². The molecule has 0 spiro atoms. The van der Waals surface area contributed by atoms with Crippen molar-refractivity contribution in [2.24, 2.45) is 0 Å². The number of aryl methyl sites for hydroxylation is 2. The minimum Gasteiger partial charge on any atom is -0.497 e. The van der Waals surface area contributed by atoms with E-state index < -0.39 is 12.1 Å². The summed E-state index contributed by atoms with van der Waals surface area (Å²) in [6.07, 6.45) is -1.66. The highest BCUT2D eigenvalue weighted by molar-refractivity contribution is 6.32. The van der Waals surface area contributed by atoms with Crippen LogP contribution in [0.4, 0.5) is 36.3 Å². The van der Waals surface area contributed by atoms with Crippen molar-refractivity contribution < 1.29 is 27.8 Å². The number of alkyl halides is 3. The summed E-state index contributed by atoms with van der Waals surface area (Å²) >= 11 is 6.26. The second-order valence-corrected chi connectivity index (χ2v) is 7.12. The summed E-state index contributed by atoms with van der Waals surface area (Å²) in [4.78, 5) is 17.6. The summed E-state index contributed by atoms with van der Waals surface area (Å²) < 4.78 is 37.2. The number of rotatable bonds is 1. The molecule has 1 aliphatic rings. The number of carbonyl (C=O) groups is 1. The van der Waals surface area contributed by atoms with Gasteiger partial charge in [0, 0.05) is 17.4 Å². The van der Waals surface area contributed by atoms with Gasteiger partial charge in [0.1, 0.15) is 10.8 Å². The molecule has 0 saturated heterocycles. The van der Waals surface area contributed by atoms with Gasteiger partial charge in [-0.2, -0.15) is 18.2 Å². The normalized spacial score (nSPS) is 12.4. The number of carboxylic acids is 1. The van der Waals surface area contributed by atoms with Crippen molar-refractivity contribution >= 4 is 40.7 Å². The van der Waals surface area contributed by atoms with Gasteiger partial charge in [-0.3, -0.25) is 0 Å². The Morgan fingerprint density at radius 3 is 2.47 bits per heavy atom.